The number of nitrogens with two attached hydrogens (primary N) is 1. The van der Waals surface area contributed by atoms with Gasteiger partial charge in [-0.1, -0.05) is 0 Å². The number of methoxy groups -OCH3 is 1. The average Bonchev–Trinajstić information content (AvgIpc) is 3.75. The van der Waals surface area contributed by atoms with Crippen molar-refractivity contribution in [3.05, 3.63) is 60.2 Å². The number of ether oxygens (including phenoxy) is 2. The van der Waals surface area contributed by atoms with Gasteiger partial charge in [0.15, 0.2) is 12.4 Å². The molecule has 5 aromatic rings. The maximum Gasteiger partial charge on any atom is 0.259 e. The second kappa shape index (κ2) is 12.9. The summed E-state index contributed by atoms with van der Waals surface area (Å²) >= 11 is 0. The molecule has 2 aliphatic rings. The smallest absolute Gasteiger partial charge is 0.259 e. The Balaban J connectivity index is 1.24. The van der Waals surface area contributed by atoms with Gasteiger partial charge in [0.2, 0.25) is 0 Å². The molecule has 2 fully saturated rings. The number of aromatic nitrogens is 4. The molecule has 0 unspecified atom stereocenters. The molecule has 12 nitrogen and oxygen atoms in total. The molecule has 0 radical (unpaired) electrons. The summed E-state index contributed by atoms with van der Waals surface area (Å²) in [7, 11) is 3.49. The van der Waals surface area contributed by atoms with E-state index < -0.39 is 24.9 Å². The molecule has 1 saturated carbocycles. The van der Waals surface area contributed by atoms with Crippen LogP contribution in [-0.4, -0.2) is 86.7 Å². The van der Waals surface area contributed by atoms with Crippen LogP contribution in [0.25, 0.3) is 44.8 Å². The summed E-state index contributed by atoms with van der Waals surface area (Å²) in [6.07, 6.45) is 1.39. The summed E-state index contributed by atoms with van der Waals surface area (Å²) in [5.41, 5.74) is 11.2. The number of rotatable bonds is 10. The third-order valence-corrected chi connectivity index (χ3v) is 9.03. The molecule has 1 saturated heterocycles. The number of carbonyl (C=O) groups excluding carboxylic acids is 2. The molecule has 7 rings (SSSR count). The van der Waals surface area contributed by atoms with E-state index in [1.165, 1.54) is 4.90 Å². The first-order chi connectivity index (χ1) is 23.2. The van der Waals surface area contributed by atoms with Crippen molar-refractivity contribution >= 4 is 33.9 Å². The molecule has 0 bridgehead atoms. The number of aliphatic hydroxyl groups excluding tert-OH is 1. The fraction of sp³-hybridized carbons (Fsp3) is 0.371. The van der Waals surface area contributed by atoms with Gasteiger partial charge in [-0.05, 0) is 79.8 Å². The van der Waals surface area contributed by atoms with Crippen LogP contribution in [0, 0.1) is 5.92 Å². The Morgan fingerprint density at radius 3 is 2.58 bits per heavy atom. The van der Waals surface area contributed by atoms with Gasteiger partial charge in [0.1, 0.15) is 35.6 Å². The standard InChI is InChI=1S/C35H38FN7O5/c1-41-32-28(11-23(13-30(32)47-2)35(46)42-16-24(36)14-25(37)17-42)40-34(41)29-12-22-7-10-27(39-33(22)43(29)15-20-3-4-20)21-5-8-26(9-6-21)48-18-31(45)38-19-44/h5-13,20,24-25,44H,3-4,14-19,37H2,1-2H3,(H,38,45)/t24-,25-/m1/s1. The van der Waals surface area contributed by atoms with E-state index in [4.69, 9.17) is 30.3 Å². The summed E-state index contributed by atoms with van der Waals surface area (Å²) in [6, 6.07) is 16.5. The number of benzene rings is 2. The van der Waals surface area contributed by atoms with Crippen molar-refractivity contribution in [2.75, 3.05) is 33.5 Å². The van der Waals surface area contributed by atoms with Crippen LogP contribution in [-0.2, 0) is 18.4 Å². The predicted molar refractivity (Wildman–Crippen MR) is 178 cm³/mol. The maximum atomic E-state index is 14.3. The van der Waals surface area contributed by atoms with Crippen molar-refractivity contribution in [1.29, 1.82) is 0 Å². The molecule has 13 heteroatoms. The van der Waals surface area contributed by atoms with Gasteiger partial charge in [0.05, 0.1) is 30.6 Å². The summed E-state index contributed by atoms with van der Waals surface area (Å²) in [4.78, 5) is 36.7. The van der Waals surface area contributed by atoms with Gasteiger partial charge in [-0.2, -0.15) is 0 Å². The maximum absolute atomic E-state index is 14.3. The Labute approximate surface area is 276 Å². The number of alkyl halides is 1. The molecule has 2 amide bonds. The average molecular weight is 656 g/mol. The molecule has 4 heterocycles. The van der Waals surface area contributed by atoms with E-state index in [0.717, 1.165) is 52.9 Å². The van der Waals surface area contributed by atoms with Crippen molar-refractivity contribution in [3.8, 4) is 34.3 Å². The second-order valence-electron chi connectivity index (χ2n) is 12.6. The van der Waals surface area contributed by atoms with Gasteiger partial charge >= 0.3 is 0 Å². The second-order valence-corrected chi connectivity index (χ2v) is 12.6. The molecular weight excluding hydrogens is 617 g/mol. The number of pyridine rings is 1. The number of nitrogens with zero attached hydrogens (tertiary/aromatic N) is 5. The third kappa shape index (κ3) is 6.18. The van der Waals surface area contributed by atoms with Gasteiger partial charge in [0.25, 0.3) is 11.8 Å². The molecule has 2 atom stereocenters. The summed E-state index contributed by atoms with van der Waals surface area (Å²) in [6.45, 7) is 0.468. The minimum Gasteiger partial charge on any atom is -0.494 e. The number of imidazole rings is 1. The number of aryl methyl sites for hydroxylation is 1. The van der Waals surface area contributed by atoms with Gasteiger partial charge in [-0.25, -0.2) is 14.4 Å². The summed E-state index contributed by atoms with van der Waals surface area (Å²) in [5.74, 6) is 1.58. The van der Waals surface area contributed by atoms with Crippen molar-refractivity contribution in [1.82, 2.24) is 29.3 Å². The van der Waals surface area contributed by atoms with Gasteiger partial charge in [0, 0.05) is 42.7 Å². The van der Waals surface area contributed by atoms with E-state index in [2.05, 4.69) is 22.0 Å². The van der Waals surface area contributed by atoms with Crippen LogP contribution in [0.15, 0.2) is 54.6 Å². The number of fused-ring (bicyclic) bond motifs is 2. The molecule has 48 heavy (non-hydrogen) atoms. The zero-order valence-corrected chi connectivity index (χ0v) is 26.9. The van der Waals surface area contributed by atoms with Crippen LogP contribution < -0.4 is 20.5 Å². The number of carbonyl (C=O) groups is 2. The highest BCUT2D eigenvalue weighted by Gasteiger charge is 2.30. The Bertz CT molecular complexity index is 1990. The van der Waals surface area contributed by atoms with Crippen LogP contribution in [0.2, 0.25) is 0 Å². The zero-order chi connectivity index (χ0) is 33.5. The highest BCUT2D eigenvalue weighted by atomic mass is 19.1. The largest absolute Gasteiger partial charge is 0.494 e. The lowest BCUT2D eigenvalue weighted by atomic mass is 10.0. The van der Waals surface area contributed by atoms with E-state index >= 15 is 0 Å². The molecule has 3 aromatic heterocycles. The van der Waals surface area contributed by atoms with E-state index in [-0.39, 0.29) is 25.5 Å². The lowest BCUT2D eigenvalue weighted by molar-refractivity contribution is -0.124. The number of likely N-dealkylation sites (tertiary alicyclic amines) is 1. The Kier molecular flexibility index (Phi) is 8.48. The predicted octanol–water partition coefficient (Wildman–Crippen LogP) is 3.63. The number of amides is 2. The number of nitrogens with one attached hydrogen (secondary N) is 1. The first kappa shape index (κ1) is 31.6. The van der Waals surface area contributed by atoms with E-state index in [0.29, 0.717) is 40.9 Å². The van der Waals surface area contributed by atoms with Crippen molar-refractivity contribution in [2.24, 2.45) is 18.7 Å². The minimum atomic E-state index is -1.15. The highest BCUT2D eigenvalue weighted by molar-refractivity contribution is 6.00. The number of halogens is 1. The monoisotopic (exact) mass is 655 g/mol. The lowest BCUT2D eigenvalue weighted by Gasteiger charge is -2.33. The first-order valence-corrected chi connectivity index (χ1v) is 16.1. The van der Waals surface area contributed by atoms with Crippen LogP contribution in [0.1, 0.15) is 29.6 Å². The highest BCUT2D eigenvalue weighted by Crippen LogP contribution is 2.38. The molecule has 250 valence electrons. The lowest BCUT2D eigenvalue weighted by Crippen LogP contribution is -2.50. The number of aliphatic hydroxyl groups is 1. The normalized spacial score (nSPS) is 18.0. The summed E-state index contributed by atoms with van der Waals surface area (Å²) in [5, 5.41) is 12.1. The number of hydrogen-bond acceptors (Lipinski definition) is 8. The Morgan fingerprint density at radius 2 is 1.88 bits per heavy atom. The molecule has 1 aliphatic heterocycles. The van der Waals surface area contributed by atoms with Crippen LogP contribution in [0.4, 0.5) is 4.39 Å². The minimum absolute atomic E-state index is 0.0126. The topological polar surface area (TPSA) is 150 Å². The van der Waals surface area contributed by atoms with Gasteiger partial charge in [-0.15, -0.1) is 0 Å². The molecule has 1 aliphatic carbocycles. The Hall–Kier alpha value is -5.01. The molecule has 0 spiro atoms. The van der Waals surface area contributed by atoms with E-state index in [1.54, 1.807) is 31.4 Å². The first-order valence-electron chi connectivity index (χ1n) is 16.1. The summed E-state index contributed by atoms with van der Waals surface area (Å²) < 4.78 is 29.8. The van der Waals surface area contributed by atoms with Gasteiger partial charge < -0.3 is 39.7 Å². The Morgan fingerprint density at radius 1 is 1.08 bits per heavy atom. The molecule has 2 aromatic carbocycles. The SMILES string of the molecule is COc1cc(C(=O)N2C[C@H](N)C[C@@H](F)C2)cc2nc(-c3cc4ccc(-c5ccc(OCC(=O)NCO)cc5)nc4n3CC3CC3)n(C)c12. The van der Waals surface area contributed by atoms with Crippen molar-refractivity contribution < 1.29 is 28.6 Å². The third-order valence-electron chi connectivity index (χ3n) is 9.03. The van der Waals surface area contributed by atoms with Crippen LogP contribution in [0.3, 0.4) is 0 Å². The number of hydrogen-bond donors (Lipinski definition) is 3. The number of piperidine rings is 1. The fourth-order valence-corrected chi connectivity index (χ4v) is 6.47. The fourth-order valence-electron chi connectivity index (χ4n) is 6.47. The zero-order valence-electron chi connectivity index (χ0n) is 26.9. The quantitative estimate of drug-likeness (QED) is 0.193. The van der Waals surface area contributed by atoms with Crippen LogP contribution in [0.5, 0.6) is 11.5 Å². The van der Waals surface area contributed by atoms with Crippen molar-refractivity contribution in [3.63, 3.8) is 0 Å². The van der Waals surface area contributed by atoms with E-state index in [1.807, 2.05) is 29.8 Å². The van der Waals surface area contributed by atoms with Crippen LogP contribution >= 0.6 is 0 Å². The van der Waals surface area contributed by atoms with E-state index in [9.17, 15) is 14.0 Å². The molecule has 4 N–H and O–H groups in total. The van der Waals surface area contributed by atoms with Gasteiger partial charge in [-0.3, -0.25) is 9.59 Å². The molecular formula is C35H38FN7O5. The van der Waals surface area contributed by atoms with Crippen molar-refractivity contribution in [2.45, 2.75) is 38.0 Å².